The number of nitrogens with zero attached hydrogens (tertiary/aromatic N) is 1. The van der Waals surface area contributed by atoms with Crippen LogP contribution in [0.25, 0.3) is 5.69 Å². The van der Waals surface area contributed by atoms with E-state index in [1.54, 1.807) is 25.1 Å². The molecule has 0 saturated heterocycles. The van der Waals surface area contributed by atoms with Crippen molar-refractivity contribution in [1.82, 2.24) is 4.57 Å². The zero-order chi connectivity index (χ0) is 19.3. The van der Waals surface area contributed by atoms with Crippen molar-refractivity contribution in [3.63, 3.8) is 0 Å². The number of hydrogen-bond donors (Lipinski definition) is 2. The summed E-state index contributed by atoms with van der Waals surface area (Å²) in [6.07, 6.45) is 0. The summed E-state index contributed by atoms with van der Waals surface area (Å²) < 4.78 is 6.21. The smallest absolute Gasteiger partial charge is 0.337 e. The molecule has 0 bridgehead atoms. The topological polar surface area (TPSA) is 106 Å². The van der Waals surface area contributed by atoms with Crippen molar-refractivity contribution in [3.05, 3.63) is 55.9 Å². The number of carbonyl (C=O) groups excluding carboxylic acids is 1. The van der Waals surface area contributed by atoms with Gasteiger partial charge in [0, 0.05) is 18.7 Å². The van der Waals surface area contributed by atoms with Gasteiger partial charge in [0.15, 0.2) is 0 Å². The van der Waals surface area contributed by atoms with E-state index in [4.69, 9.17) is 14.6 Å². The van der Waals surface area contributed by atoms with Crippen molar-refractivity contribution >= 4 is 27.9 Å². The number of rotatable bonds is 2. The molecule has 7 nitrogen and oxygen atoms in total. The Morgan fingerprint density at radius 1 is 1.20 bits per heavy atom. The van der Waals surface area contributed by atoms with Gasteiger partial charge >= 0.3 is 5.97 Å². The second-order valence-electron chi connectivity index (χ2n) is 5.14. The van der Waals surface area contributed by atoms with Gasteiger partial charge in [-0.3, -0.25) is 14.2 Å². The molecule has 2 rings (SSSR count). The van der Waals surface area contributed by atoms with E-state index in [9.17, 15) is 14.7 Å². The highest BCUT2D eigenvalue weighted by atomic mass is 79.9. The molecule has 2 N–H and O–H groups in total. The number of ether oxygens (including phenoxy) is 1. The zero-order valence-electron chi connectivity index (χ0n) is 14.2. The largest absolute Gasteiger partial charge is 0.506 e. The number of pyridine rings is 1. The fourth-order valence-corrected chi connectivity index (χ4v) is 2.38. The molecule has 1 aromatic carbocycles. The van der Waals surface area contributed by atoms with E-state index >= 15 is 0 Å². The quantitative estimate of drug-likeness (QED) is 0.735. The van der Waals surface area contributed by atoms with Gasteiger partial charge in [-0.2, -0.15) is 0 Å². The first kappa shape index (κ1) is 20.4. The fraction of sp³-hybridized carbons (Fsp3) is 0.235. The second kappa shape index (κ2) is 8.48. The van der Waals surface area contributed by atoms with E-state index in [0.29, 0.717) is 16.9 Å². The van der Waals surface area contributed by atoms with E-state index in [-0.39, 0.29) is 10.2 Å². The van der Waals surface area contributed by atoms with Crippen LogP contribution in [0.3, 0.4) is 0 Å². The average Bonchev–Trinajstić information content (AvgIpc) is 2.53. The molecule has 2 aromatic rings. The summed E-state index contributed by atoms with van der Waals surface area (Å²) in [6.45, 7) is 4.63. The third kappa shape index (κ3) is 4.93. The maximum absolute atomic E-state index is 12.4. The number of carboxylic acids is 1. The first-order chi connectivity index (χ1) is 11.6. The Bertz CT molecular complexity index is 868. The van der Waals surface area contributed by atoms with Crippen LogP contribution in [0.1, 0.15) is 28.5 Å². The van der Waals surface area contributed by atoms with E-state index in [1.165, 1.54) is 17.7 Å². The molecule has 1 aromatic heterocycles. The molecule has 25 heavy (non-hydrogen) atoms. The lowest BCUT2D eigenvalue weighted by molar-refractivity contribution is -0.134. The number of methoxy groups -OCH3 is 1. The Morgan fingerprint density at radius 3 is 2.28 bits per heavy atom. The lowest BCUT2D eigenvalue weighted by Gasteiger charge is -2.15. The molecule has 0 aliphatic heterocycles. The van der Waals surface area contributed by atoms with Crippen molar-refractivity contribution in [2.24, 2.45) is 0 Å². The summed E-state index contributed by atoms with van der Waals surface area (Å²) >= 11 is 3.07. The van der Waals surface area contributed by atoms with Crippen LogP contribution in [-0.4, -0.2) is 33.8 Å². The third-order valence-electron chi connectivity index (χ3n) is 3.19. The van der Waals surface area contributed by atoms with Crippen LogP contribution in [0.4, 0.5) is 0 Å². The number of aromatic hydroxyl groups is 1. The number of aromatic nitrogens is 1. The van der Waals surface area contributed by atoms with Gasteiger partial charge in [-0.15, -0.1) is 0 Å². The Balaban J connectivity index is 0.000000705. The molecule has 0 aliphatic rings. The molecular weight excluding hydrogens is 394 g/mol. The van der Waals surface area contributed by atoms with Gasteiger partial charge in [0.1, 0.15) is 10.2 Å². The Labute approximate surface area is 152 Å². The van der Waals surface area contributed by atoms with Gasteiger partial charge in [-0.25, -0.2) is 4.79 Å². The fourth-order valence-electron chi connectivity index (χ4n) is 2.09. The summed E-state index contributed by atoms with van der Waals surface area (Å²) in [5.41, 5.74) is 1.92. The SMILES string of the molecule is CC(=O)O.COC(=O)c1ccc(C)c(-n2c(C)cc(O)c(Br)c2=O)c1. The number of aryl methyl sites for hydroxylation is 2. The first-order valence-electron chi connectivity index (χ1n) is 7.10. The summed E-state index contributed by atoms with van der Waals surface area (Å²) in [6, 6.07) is 6.46. The maximum atomic E-state index is 12.4. The van der Waals surface area contributed by atoms with Gasteiger partial charge in [0.2, 0.25) is 0 Å². The van der Waals surface area contributed by atoms with E-state index in [2.05, 4.69) is 15.9 Å². The molecule has 0 unspecified atom stereocenters. The molecule has 134 valence electrons. The normalized spacial score (nSPS) is 9.80. The van der Waals surface area contributed by atoms with Crippen LogP contribution >= 0.6 is 15.9 Å². The van der Waals surface area contributed by atoms with Crippen molar-refractivity contribution in [3.8, 4) is 11.4 Å². The summed E-state index contributed by atoms with van der Waals surface area (Å²) in [7, 11) is 1.30. The lowest BCUT2D eigenvalue weighted by Crippen LogP contribution is -2.22. The van der Waals surface area contributed by atoms with Crippen LogP contribution in [0.15, 0.2) is 33.5 Å². The highest BCUT2D eigenvalue weighted by Gasteiger charge is 2.15. The van der Waals surface area contributed by atoms with Crippen molar-refractivity contribution in [2.75, 3.05) is 7.11 Å². The summed E-state index contributed by atoms with van der Waals surface area (Å²) in [5, 5.41) is 17.1. The van der Waals surface area contributed by atoms with Gasteiger partial charge in [0.25, 0.3) is 11.5 Å². The number of carbonyl (C=O) groups is 2. The van der Waals surface area contributed by atoms with Crippen molar-refractivity contribution in [2.45, 2.75) is 20.8 Å². The maximum Gasteiger partial charge on any atom is 0.337 e. The molecule has 1 heterocycles. The lowest BCUT2D eigenvalue weighted by atomic mass is 10.1. The summed E-state index contributed by atoms with van der Waals surface area (Å²) in [5.74, 6) is -1.42. The van der Waals surface area contributed by atoms with Crippen LogP contribution in [0.5, 0.6) is 5.75 Å². The highest BCUT2D eigenvalue weighted by Crippen LogP contribution is 2.24. The first-order valence-corrected chi connectivity index (χ1v) is 7.89. The van der Waals surface area contributed by atoms with E-state index < -0.39 is 17.5 Å². The molecule has 0 aliphatic carbocycles. The highest BCUT2D eigenvalue weighted by molar-refractivity contribution is 9.10. The molecule has 0 atom stereocenters. The second-order valence-corrected chi connectivity index (χ2v) is 5.93. The van der Waals surface area contributed by atoms with Crippen LogP contribution in [-0.2, 0) is 9.53 Å². The van der Waals surface area contributed by atoms with E-state index in [0.717, 1.165) is 12.5 Å². The summed E-state index contributed by atoms with van der Waals surface area (Å²) in [4.78, 5) is 33.0. The average molecular weight is 412 g/mol. The Morgan fingerprint density at radius 2 is 1.76 bits per heavy atom. The number of aliphatic carboxylic acids is 1. The Kier molecular flexibility index (Phi) is 6.93. The van der Waals surface area contributed by atoms with Gasteiger partial charge in [-0.05, 0) is 47.5 Å². The molecule has 0 fully saturated rings. The number of hydrogen-bond acceptors (Lipinski definition) is 5. The predicted octanol–water partition coefficient (Wildman–Crippen LogP) is 2.80. The number of benzene rings is 1. The molecule has 0 saturated carbocycles. The van der Waals surface area contributed by atoms with Gasteiger partial charge in [0.05, 0.1) is 18.4 Å². The molecule has 0 radical (unpaired) electrons. The third-order valence-corrected chi connectivity index (χ3v) is 3.93. The van der Waals surface area contributed by atoms with Crippen LogP contribution < -0.4 is 5.56 Å². The van der Waals surface area contributed by atoms with Crippen molar-refractivity contribution in [1.29, 1.82) is 0 Å². The standard InChI is InChI=1S/C15H14BrNO4.C2H4O2/c1-8-4-5-10(15(20)21-3)7-11(8)17-9(2)6-12(18)13(16)14(17)19;1-2(3)4/h4-7,18H,1-3H3;1H3,(H,3,4). The van der Waals surface area contributed by atoms with Crippen molar-refractivity contribution < 1.29 is 24.5 Å². The molecular formula is C17H18BrNO6. The molecule has 0 spiro atoms. The molecule has 0 amide bonds. The van der Waals surface area contributed by atoms with Crippen LogP contribution in [0, 0.1) is 13.8 Å². The Hall–Kier alpha value is -2.61. The predicted molar refractivity (Wildman–Crippen MR) is 95.5 cm³/mol. The van der Waals surface area contributed by atoms with Crippen LogP contribution in [0.2, 0.25) is 0 Å². The van der Waals surface area contributed by atoms with Gasteiger partial charge < -0.3 is 14.9 Å². The number of halogens is 1. The number of esters is 1. The zero-order valence-corrected chi connectivity index (χ0v) is 15.7. The minimum Gasteiger partial charge on any atom is -0.506 e. The van der Waals surface area contributed by atoms with E-state index in [1.807, 2.05) is 6.92 Å². The van der Waals surface area contributed by atoms with Gasteiger partial charge in [-0.1, -0.05) is 6.07 Å². The minimum absolute atomic E-state index is 0.0796. The molecule has 8 heteroatoms. The number of carboxylic acid groups (broad SMARTS) is 1. The monoisotopic (exact) mass is 411 g/mol. The minimum atomic E-state index is -0.833.